The van der Waals surface area contributed by atoms with Gasteiger partial charge in [0.1, 0.15) is 5.82 Å². The Kier molecular flexibility index (Phi) is 5.98. The van der Waals surface area contributed by atoms with Crippen molar-refractivity contribution in [1.29, 1.82) is 0 Å². The summed E-state index contributed by atoms with van der Waals surface area (Å²) in [4.78, 5) is 24.4. The van der Waals surface area contributed by atoms with Gasteiger partial charge in [0.2, 0.25) is 5.91 Å². The standard InChI is InChI=1S/C27H25N7O2/c35-25(17-34-10-12-36-13-11-34)29-20-5-3-4-18(14-20)26-31-24-7-2-1-6-22(24)27(32-26)30-21-8-9-23-19(15-21)16-28-33-23/h1-9,14-16H,10-13,17H2,(H,28,33)(H,29,35)(H,30,31,32). The second-order valence-corrected chi connectivity index (χ2v) is 8.73. The van der Waals surface area contributed by atoms with E-state index in [4.69, 9.17) is 14.7 Å². The number of hydrogen-bond donors (Lipinski definition) is 3. The summed E-state index contributed by atoms with van der Waals surface area (Å²) in [7, 11) is 0. The molecule has 0 saturated carbocycles. The molecule has 0 atom stereocenters. The van der Waals surface area contributed by atoms with Crippen molar-refractivity contribution in [1.82, 2.24) is 25.1 Å². The highest BCUT2D eigenvalue weighted by atomic mass is 16.5. The number of carbonyl (C=O) groups excluding carboxylic acids is 1. The Balaban J connectivity index is 1.29. The number of amides is 1. The molecule has 0 radical (unpaired) electrons. The molecule has 1 saturated heterocycles. The number of nitrogens with zero attached hydrogens (tertiary/aromatic N) is 4. The maximum atomic E-state index is 12.6. The van der Waals surface area contributed by atoms with Gasteiger partial charge in [0.15, 0.2) is 5.82 Å². The van der Waals surface area contributed by atoms with E-state index in [1.54, 1.807) is 6.20 Å². The van der Waals surface area contributed by atoms with E-state index in [1.807, 2.05) is 66.7 Å². The Morgan fingerprint density at radius 3 is 2.78 bits per heavy atom. The number of para-hydroxylation sites is 1. The van der Waals surface area contributed by atoms with Gasteiger partial charge < -0.3 is 15.4 Å². The second kappa shape index (κ2) is 9.73. The minimum atomic E-state index is -0.0505. The molecule has 9 nitrogen and oxygen atoms in total. The first-order valence-corrected chi connectivity index (χ1v) is 11.9. The molecule has 1 aliphatic rings. The van der Waals surface area contributed by atoms with E-state index in [1.165, 1.54) is 0 Å². The van der Waals surface area contributed by atoms with Crippen molar-refractivity contribution < 1.29 is 9.53 Å². The third kappa shape index (κ3) is 4.74. The van der Waals surface area contributed by atoms with Crippen LogP contribution in [0.4, 0.5) is 17.2 Å². The lowest BCUT2D eigenvalue weighted by Crippen LogP contribution is -2.41. The van der Waals surface area contributed by atoms with Gasteiger partial charge in [-0.15, -0.1) is 0 Å². The molecule has 3 aromatic carbocycles. The van der Waals surface area contributed by atoms with Crippen LogP contribution in [-0.2, 0) is 9.53 Å². The summed E-state index contributed by atoms with van der Waals surface area (Å²) in [5, 5.41) is 15.5. The average molecular weight is 480 g/mol. The summed E-state index contributed by atoms with van der Waals surface area (Å²) in [5.74, 6) is 1.23. The monoisotopic (exact) mass is 479 g/mol. The van der Waals surface area contributed by atoms with E-state index in [2.05, 4.69) is 25.7 Å². The number of benzene rings is 3. The minimum Gasteiger partial charge on any atom is -0.379 e. The smallest absolute Gasteiger partial charge is 0.238 e. The molecule has 0 unspecified atom stereocenters. The maximum Gasteiger partial charge on any atom is 0.238 e. The van der Waals surface area contributed by atoms with Crippen LogP contribution in [0.2, 0.25) is 0 Å². The van der Waals surface area contributed by atoms with Crippen molar-refractivity contribution in [3.8, 4) is 11.4 Å². The lowest BCUT2D eigenvalue weighted by atomic mass is 10.1. The van der Waals surface area contributed by atoms with Gasteiger partial charge in [-0.2, -0.15) is 5.10 Å². The topological polar surface area (TPSA) is 108 Å². The van der Waals surface area contributed by atoms with Gasteiger partial charge in [-0.1, -0.05) is 24.3 Å². The average Bonchev–Trinajstić information content (AvgIpc) is 3.37. The highest BCUT2D eigenvalue weighted by Gasteiger charge is 2.15. The zero-order chi connectivity index (χ0) is 24.3. The predicted octanol–water partition coefficient (Wildman–Crippen LogP) is 4.19. The number of H-pyrrole nitrogens is 1. The number of aromatic amines is 1. The van der Waals surface area contributed by atoms with Crippen LogP contribution < -0.4 is 10.6 Å². The number of carbonyl (C=O) groups is 1. The van der Waals surface area contributed by atoms with Gasteiger partial charge in [0, 0.05) is 40.8 Å². The summed E-state index contributed by atoms with van der Waals surface area (Å²) in [5.41, 5.74) is 4.24. The normalized spacial score (nSPS) is 14.2. The predicted molar refractivity (Wildman–Crippen MR) is 140 cm³/mol. The van der Waals surface area contributed by atoms with Gasteiger partial charge >= 0.3 is 0 Å². The number of fused-ring (bicyclic) bond motifs is 2. The van der Waals surface area contributed by atoms with Gasteiger partial charge in [-0.25, -0.2) is 9.97 Å². The van der Waals surface area contributed by atoms with Crippen molar-refractivity contribution >= 4 is 44.9 Å². The fourth-order valence-electron chi connectivity index (χ4n) is 4.36. The third-order valence-corrected chi connectivity index (χ3v) is 6.18. The molecule has 36 heavy (non-hydrogen) atoms. The SMILES string of the molecule is O=C(CN1CCOCC1)Nc1cccc(-c2nc(Nc3ccc4[nH]ncc4c3)c3ccccc3n2)c1. The molecule has 1 amide bonds. The summed E-state index contributed by atoms with van der Waals surface area (Å²) >= 11 is 0. The Labute approximate surface area is 207 Å². The number of ether oxygens (including phenoxy) is 1. The summed E-state index contributed by atoms with van der Waals surface area (Å²) in [6, 6.07) is 21.5. The largest absolute Gasteiger partial charge is 0.379 e. The second-order valence-electron chi connectivity index (χ2n) is 8.73. The number of aromatic nitrogens is 4. The summed E-state index contributed by atoms with van der Waals surface area (Å²) in [6.45, 7) is 3.20. The van der Waals surface area contributed by atoms with Crippen molar-refractivity contribution in [2.75, 3.05) is 43.5 Å². The molecule has 6 rings (SSSR count). The third-order valence-electron chi connectivity index (χ3n) is 6.18. The Bertz CT molecular complexity index is 1540. The van der Waals surface area contributed by atoms with E-state index in [-0.39, 0.29) is 5.91 Å². The molecule has 0 aliphatic carbocycles. The van der Waals surface area contributed by atoms with Gasteiger partial charge in [0.25, 0.3) is 0 Å². The Hall–Kier alpha value is -4.34. The number of anilines is 3. The number of morpholine rings is 1. The number of rotatable bonds is 6. The highest BCUT2D eigenvalue weighted by molar-refractivity contribution is 5.94. The molecule has 180 valence electrons. The van der Waals surface area contributed by atoms with Crippen molar-refractivity contribution in [3.05, 3.63) is 72.9 Å². The van der Waals surface area contributed by atoms with E-state index < -0.39 is 0 Å². The summed E-state index contributed by atoms with van der Waals surface area (Å²) in [6.07, 6.45) is 1.79. The first-order valence-electron chi connectivity index (χ1n) is 11.9. The number of nitrogens with one attached hydrogen (secondary N) is 3. The molecule has 1 aliphatic heterocycles. The lowest BCUT2D eigenvalue weighted by molar-refractivity contribution is -0.118. The molecule has 3 heterocycles. The lowest BCUT2D eigenvalue weighted by Gasteiger charge is -2.25. The molecule has 5 aromatic rings. The zero-order valence-electron chi connectivity index (χ0n) is 19.6. The summed E-state index contributed by atoms with van der Waals surface area (Å²) < 4.78 is 5.36. The van der Waals surface area contributed by atoms with Crippen molar-refractivity contribution in [2.45, 2.75) is 0 Å². The molecule has 3 N–H and O–H groups in total. The molecular weight excluding hydrogens is 454 g/mol. The highest BCUT2D eigenvalue weighted by Crippen LogP contribution is 2.29. The van der Waals surface area contributed by atoms with Crippen LogP contribution in [0.3, 0.4) is 0 Å². The molecule has 9 heteroatoms. The van der Waals surface area contributed by atoms with E-state index >= 15 is 0 Å². The van der Waals surface area contributed by atoms with Crippen LogP contribution in [-0.4, -0.2) is 63.8 Å². The zero-order valence-corrected chi connectivity index (χ0v) is 19.6. The van der Waals surface area contributed by atoms with Gasteiger partial charge in [-0.3, -0.25) is 14.8 Å². The first kappa shape index (κ1) is 22.1. The molecule has 1 fully saturated rings. The molecule has 0 bridgehead atoms. The minimum absolute atomic E-state index is 0.0505. The van der Waals surface area contributed by atoms with Crippen molar-refractivity contribution in [2.24, 2.45) is 0 Å². The van der Waals surface area contributed by atoms with Crippen LogP contribution in [0.1, 0.15) is 0 Å². The number of hydrogen-bond acceptors (Lipinski definition) is 7. The molecular formula is C27H25N7O2. The van der Waals surface area contributed by atoms with Crippen LogP contribution in [0.5, 0.6) is 0 Å². The maximum absolute atomic E-state index is 12.6. The molecule has 2 aromatic heterocycles. The van der Waals surface area contributed by atoms with E-state index in [0.717, 1.165) is 46.1 Å². The fourth-order valence-corrected chi connectivity index (χ4v) is 4.36. The Morgan fingerprint density at radius 2 is 1.86 bits per heavy atom. The van der Waals surface area contributed by atoms with Crippen LogP contribution >= 0.6 is 0 Å². The Morgan fingerprint density at radius 1 is 0.972 bits per heavy atom. The van der Waals surface area contributed by atoms with Crippen LogP contribution in [0, 0.1) is 0 Å². The van der Waals surface area contributed by atoms with Crippen molar-refractivity contribution in [3.63, 3.8) is 0 Å². The quantitative estimate of drug-likeness (QED) is 0.335. The first-order chi connectivity index (χ1) is 17.7. The molecule has 0 spiro atoms. The van der Waals surface area contributed by atoms with E-state index in [9.17, 15) is 4.79 Å². The fraction of sp³-hybridized carbons (Fsp3) is 0.185. The van der Waals surface area contributed by atoms with E-state index in [0.29, 0.717) is 37.1 Å². The van der Waals surface area contributed by atoms with Gasteiger partial charge in [0.05, 0.1) is 37.0 Å². The van der Waals surface area contributed by atoms with Gasteiger partial charge in [-0.05, 0) is 42.5 Å². The van der Waals surface area contributed by atoms with Crippen LogP contribution in [0.15, 0.2) is 72.9 Å². The van der Waals surface area contributed by atoms with Crippen LogP contribution in [0.25, 0.3) is 33.2 Å².